The molecule has 0 spiro atoms. The largest absolute Gasteiger partial charge is 0.378 e. The highest BCUT2D eigenvalue weighted by Gasteiger charge is 2.35. The smallest absolute Gasteiger partial charge is 0.274 e. The van der Waals surface area contributed by atoms with E-state index in [1.54, 1.807) is 11.5 Å². The molecule has 3 rings (SSSR count). The lowest BCUT2D eigenvalue weighted by Crippen LogP contribution is -2.55. The number of hydrogen-bond acceptors (Lipinski definition) is 4. The maximum Gasteiger partial charge on any atom is 0.274 e. The van der Waals surface area contributed by atoms with Crippen molar-refractivity contribution in [2.24, 2.45) is 0 Å². The fourth-order valence-electron chi connectivity index (χ4n) is 3.16. The standard InChI is InChI=1S/C15H19FN2O3/c1-2-11-5-13-10(6-18(11)12-7-21-8-12)3-9(4-14(13)16)15(19)17-20/h3-4,11-12,20H,2,5-8H2,1H3,(H,17,19)/t11-/m0/s1. The van der Waals surface area contributed by atoms with E-state index in [4.69, 9.17) is 9.94 Å². The quantitative estimate of drug-likeness (QED) is 0.655. The van der Waals surface area contributed by atoms with Crippen molar-refractivity contribution in [3.05, 3.63) is 34.6 Å². The van der Waals surface area contributed by atoms with E-state index < -0.39 is 5.91 Å². The molecule has 6 heteroatoms. The summed E-state index contributed by atoms with van der Waals surface area (Å²) >= 11 is 0. The van der Waals surface area contributed by atoms with Crippen molar-refractivity contribution in [2.75, 3.05) is 13.2 Å². The van der Waals surface area contributed by atoms with Crippen LogP contribution >= 0.6 is 0 Å². The fourth-order valence-corrected chi connectivity index (χ4v) is 3.16. The molecular weight excluding hydrogens is 275 g/mol. The molecule has 1 aromatic carbocycles. The Morgan fingerprint density at radius 1 is 1.52 bits per heavy atom. The molecule has 2 aliphatic rings. The summed E-state index contributed by atoms with van der Waals surface area (Å²) in [5.41, 5.74) is 3.21. The summed E-state index contributed by atoms with van der Waals surface area (Å²) < 4.78 is 19.5. The van der Waals surface area contributed by atoms with Crippen LogP contribution in [0.4, 0.5) is 4.39 Å². The van der Waals surface area contributed by atoms with Crippen LogP contribution in [0.15, 0.2) is 12.1 Å². The number of nitrogens with zero attached hydrogens (tertiary/aromatic N) is 1. The van der Waals surface area contributed by atoms with Gasteiger partial charge < -0.3 is 4.74 Å². The van der Waals surface area contributed by atoms with Crippen LogP contribution in [-0.2, 0) is 17.7 Å². The molecule has 2 heterocycles. The zero-order valence-corrected chi connectivity index (χ0v) is 11.9. The molecule has 0 aliphatic carbocycles. The molecule has 0 saturated carbocycles. The van der Waals surface area contributed by atoms with Crippen LogP contribution in [-0.4, -0.2) is 41.3 Å². The van der Waals surface area contributed by atoms with Crippen LogP contribution < -0.4 is 5.48 Å². The van der Waals surface area contributed by atoms with Gasteiger partial charge in [-0.2, -0.15) is 0 Å². The van der Waals surface area contributed by atoms with E-state index in [1.165, 1.54) is 6.07 Å². The fraction of sp³-hybridized carbons (Fsp3) is 0.533. The van der Waals surface area contributed by atoms with Gasteiger partial charge in [0.25, 0.3) is 5.91 Å². The van der Waals surface area contributed by atoms with Gasteiger partial charge in [-0.05, 0) is 36.1 Å². The van der Waals surface area contributed by atoms with Gasteiger partial charge in [0.05, 0.1) is 19.3 Å². The van der Waals surface area contributed by atoms with Crippen LogP contribution in [0.25, 0.3) is 0 Å². The molecule has 114 valence electrons. The van der Waals surface area contributed by atoms with Crippen molar-refractivity contribution < 1.29 is 19.1 Å². The second-order valence-corrected chi connectivity index (χ2v) is 5.67. The molecule has 1 aromatic rings. The zero-order valence-electron chi connectivity index (χ0n) is 11.9. The first kappa shape index (κ1) is 14.4. The lowest BCUT2D eigenvalue weighted by Gasteiger charge is -2.45. The predicted octanol–water partition coefficient (Wildman–Crippen LogP) is 1.48. The molecule has 1 fully saturated rings. The van der Waals surface area contributed by atoms with E-state index in [9.17, 15) is 9.18 Å². The maximum atomic E-state index is 14.3. The van der Waals surface area contributed by atoms with Crippen LogP contribution in [0.1, 0.15) is 34.8 Å². The third-order valence-electron chi connectivity index (χ3n) is 4.47. The van der Waals surface area contributed by atoms with E-state index in [-0.39, 0.29) is 11.4 Å². The number of ether oxygens (including phenoxy) is 1. The molecule has 5 nitrogen and oxygen atoms in total. The summed E-state index contributed by atoms with van der Waals surface area (Å²) in [6.07, 6.45) is 1.60. The molecule has 2 N–H and O–H groups in total. The zero-order chi connectivity index (χ0) is 15.0. The highest BCUT2D eigenvalue weighted by atomic mass is 19.1. The first-order chi connectivity index (χ1) is 10.1. The molecule has 1 amide bonds. The summed E-state index contributed by atoms with van der Waals surface area (Å²) in [6.45, 7) is 4.15. The number of rotatable bonds is 3. The molecular formula is C15H19FN2O3. The number of hydroxylamine groups is 1. The number of nitrogens with one attached hydrogen (secondary N) is 1. The summed E-state index contributed by atoms with van der Waals surface area (Å²) in [4.78, 5) is 13.8. The maximum absolute atomic E-state index is 14.3. The van der Waals surface area contributed by atoms with Crippen LogP contribution in [0.3, 0.4) is 0 Å². The van der Waals surface area contributed by atoms with Crippen LogP contribution in [0.5, 0.6) is 0 Å². The number of halogens is 1. The molecule has 0 radical (unpaired) electrons. The minimum absolute atomic E-state index is 0.147. The lowest BCUT2D eigenvalue weighted by molar-refractivity contribution is -0.0864. The van der Waals surface area contributed by atoms with Crippen molar-refractivity contribution in [1.29, 1.82) is 0 Å². The SMILES string of the molecule is CC[C@H]1Cc2c(F)cc(C(=O)NO)cc2CN1C1COC1. The first-order valence-electron chi connectivity index (χ1n) is 7.23. The Hall–Kier alpha value is -1.50. The average molecular weight is 294 g/mol. The van der Waals surface area contributed by atoms with Crippen molar-refractivity contribution >= 4 is 5.91 Å². The summed E-state index contributed by atoms with van der Waals surface area (Å²) in [6, 6.07) is 3.54. The van der Waals surface area contributed by atoms with E-state index in [1.807, 2.05) is 0 Å². The minimum atomic E-state index is -0.687. The molecule has 21 heavy (non-hydrogen) atoms. The van der Waals surface area contributed by atoms with Crippen molar-refractivity contribution in [3.8, 4) is 0 Å². The van der Waals surface area contributed by atoms with Crippen LogP contribution in [0, 0.1) is 5.82 Å². The number of benzene rings is 1. The van der Waals surface area contributed by atoms with Gasteiger partial charge in [0.1, 0.15) is 5.82 Å². The molecule has 1 saturated heterocycles. The van der Waals surface area contributed by atoms with Crippen LogP contribution in [0.2, 0.25) is 0 Å². The minimum Gasteiger partial charge on any atom is -0.378 e. The Kier molecular flexibility index (Phi) is 3.93. The average Bonchev–Trinajstić information content (AvgIpc) is 2.44. The Morgan fingerprint density at radius 3 is 2.86 bits per heavy atom. The highest BCUT2D eigenvalue weighted by molar-refractivity contribution is 5.93. The van der Waals surface area contributed by atoms with Gasteiger partial charge in [-0.3, -0.25) is 14.9 Å². The lowest BCUT2D eigenvalue weighted by atomic mass is 9.89. The Morgan fingerprint density at radius 2 is 2.29 bits per heavy atom. The second-order valence-electron chi connectivity index (χ2n) is 5.67. The van der Waals surface area contributed by atoms with Crippen molar-refractivity contribution in [3.63, 3.8) is 0 Å². The van der Waals surface area contributed by atoms with E-state index in [2.05, 4.69) is 11.8 Å². The monoisotopic (exact) mass is 294 g/mol. The Labute approximate surface area is 122 Å². The van der Waals surface area contributed by atoms with Gasteiger partial charge in [-0.1, -0.05) is 6.92 Å². The van der Waals surface area contributed by atoms with Crippen molar-refractivity contribution in [1.82, 2.24) is 10.4 Å². The van der Waals surface area contributed by atoms with Gasteiger partial charge in [-0.15, -0.1) is 0 Å². The normalized spacial score (nSPS) is 22.5. The number of carbonyl (C=O) groups is 1. The van der Waals surface area contributed by atoms with E-state index in [0.717, 1.165) is 12.0 Å². The topological polar surface area (TPSA) is 61.8 Å². The van der Waals surface area contributed by atoms with E-state index in [0.29, 0.717) is 43.8 Å². The molecule has 0 bridgehead atoms. The highest BCUT2D eigenvalue weighted by Crippen LogP contribution is 2.31. The Balaban J connectivity index is 1.94. The van der Waals surface area contributed by atoms with Gasteiger partial charge in [-0.25, -0.2) is 9.87 Å². The molecule has 1 atom stereocenters. The van der Waals surface area contributed by atoms with Gasteiger partial charge >= 0.3 is 0 Å². The summed E-state index contributed by atoms with van der Waals surface area (Å²) in [5, 5.41) is 8.70. The molecule has 0 aromatic heterocycles. The van der Waals surface area contributed by atoms with E-state index >= 15 is 0 Å². The first-order valence-corrected chi connectivity index (χ1v) is 7.23. The molecule has 2 aliphatic heterocycles. The third-order valence-corrected chi connectivity index (χ3v) is 4.47. The number of hydrogen-bond donors (Lipinski definition) is 2. The number of fused-ring (bicyclic) bond motifs is 1. The van der Waals surface area contributed by atoms with Gasteiger partial charge in [0.15, 0.2) is 0 Å². The van der Waals surface area contributed by atoms with Gasteiger partial charge in [0.2, 0.25) is 0 Å². The number of amides is 1. The van der Waals surface area contributed by atoms with Crippen molar-refractivity contribution in [2.45, 2.75) is 38.4 Å². The third kappa shape index (κ3) is 2.54. The molecule has 0 unspecified atom stereocenters. The summed E-state index contributed by atoms with van der Waals surface area (Å²) in [5.74, 6) is -1.05. The number of carbonyl (C=O) groups excluding carboxylic acids is 1. The Bertz CT molecular complexity index is 560. The van der Waals surface area contributed by atoms with Gasteiger partial charge in [0, 0.05) is 18.2 Å². The second kappa shape index (κ2) is 5.71. The predicted molar refractivity (Wildman–Crippen MR) is 73.6 cm³/mol. The summed E-state index contributed by atoms with van der Waals surface area (Å²) in [7, 11) is 0.